The van der Waals surface area contributed by atoms with Crippen molar-refractivity contribution in [2.45, 2.75) is 148 Å². The zero-order valence-corrected chi connectivity index (χ0v) is 34.4. The highest BCUT2D eigenvalue weighted by atomic mass is 31.2. The Hall–Kier alpha value is -3.34. The van der Waals surface area contributed by atoms with Crippen LogP contribution in [0.25, 0.3) is 0 Å². The number of nitrogens with two attached hydrogens (primary N) is 1. The summed E-state index contributed by atoms with van der Waals surface area (Å²) >= 11 is 0. The standard InChI is InChI=1S/C43H70NO10P/c1-3-5-7-9-11-13-15-17-18-19-20-21-23-24-26-28-30-32-34-41(45)51-36-39(37-52-55(49,50)53-38-40(44)43(47)48)54-42(46)35-33-31-29-27-25-22-16-14-12-10-8-6-4-2/h6,8,10,12,14-22,25,39-40H,3-5,7,9,11,13,23-24,26-38,44H2,1-2H3,(H,47,48)(H,49,50)/b8-6+,12-10+,16-14+,17-15+,19-18+,21-20+,25-22+/t39?,40-/m1/s1. The molecular formula is C43H70NO10P. The van der Waals surface area contributed by atoms with Gasteiger partial charge in [-0.25, -0.2) is 4.57 Å². The zero-order valence-electron chi connectivity index (χ0n) is 33.5. The Morgan fingerprint density at radius 1 is 0.582 bits per heavy atom. The van der Waals surface area contributed by atoms with E-state index < -0.39 is 51.1 Å². The van der Waals surface area contributed by atoms with Crippen LogP contribution in [0, 0.1) is 0 Å². The SMILES string of the molecule is CC/C=C/C=C/C=C/C=C/CCCCCC(=O)OC(COC(=O)CCCCCCC/C=C/C=C/C=C/CCCCCCC)COP(=O)(O)OC[C@@H](N)C(=O)O. The van der Waals surface area contributed by atoms with Crippen LogP contribution in [0.3, 0.4) is 0 Å². The van der Waals surface area contributed by atoms with Crippen LogP contribution >= 0.6 is 7.82 Å². The van der Waals surface area contributed by atoms with E-state index in [-0.39, 0.29) is 19.4 Å². The monoisotopic (exact) mass is 791 g/mol. The number of hydrogen-bond donors (Lipinski definition) is 3. The number of carbonyl (C=O) groups is 3. The van der Waals surface area contributed by atoms with Crippen LogP contribution in [0.1, 0.15) is 136 Å². The maximum Gasteiger partial charge on any atom is 0.472 e. The summed E-state index contributed by atoms with van der Waals surface area (Å²) in [4.78, 5) is 45.8. The number of carboxylic acid groups (broad SMARTS) is 1. The molecular weight excluding hydrogens is 721 g/mol. The van der Waals surface area contributed by atoms with E-state index >= 15 is 0 Å². The summed E-state index contributed by atoms with van der Waals surface area (Å²) in [5.41, 5.74) is 5.32. The molecule has 0 radical (unpaired) electrons. The van der Waals surface area contributed by atoms with Crippen molar-refractivity contribution in [3.63, 3.8) is 0 Å². The molecule has 0 saturated heterocycles. The molecule has 0 heterocycles. The Morgan fingerprint density at radius 3 is 1.55 bits per heavy atom. The molecule has 0 aliphatic carbocycles. The maximum atomic E-state index is 12.6. The topological polar surface area (TPSA) is 172 Å². The number of allylic oxidation sites excluding steroid dienone is 14. The molecule has 11 nitrogen and oxygen atoms in total. The molecule has 0 fully saturated rings. The van der Waals surface area contributed by atoms with Crippen molar-refractivity contribution in [3.05, 3.63) is 85.1 Å². The van der Waals surface area contributed by atoms with Crippen LogP contribution in [-0.4, -0.2) is 59.9 Å². The molecule has 0 spiro atoms. The normalized spacial score (nSPS) is 14.7. The fourth-order valence-electron chi connectivity index (χ4n) is 4.84. The third kappa shape index (κ3) is 37.4. The van der Waals surface area contributed by atoms with Gasteiger partial charge in [-0.3, -0.25) is 23.4 Å². The van der Waals surface area contributed by atoms with E-state index in [1.165, 1.54) is 32.1 Å². The fraction of sp³-hybridized carbons (Fsp3) is 0.605. The largest absolute Gasteiger partial charge is 0.480 e. The first-order valence-electron chi connectivity index (χ1n) is 20.2. The van der Waals surface area contributed by atoms with Crippen molar-refractivity contribution in [3.8, 4) is 0 Å². The summed E-state index contributed by atoms with van der Waals surface area (Å²) in [6.45, 7) is 2.55. The van der Waals surface area contributed by atoms with Gasteiger partial charge in [0.25, 0.3) is 0 Å². The van der Waals surface area contributed by atoms with Gasteiger partial charge in [0.05, 0.1) is 13.2 Å². The smallest absolute Gasteiger partial charge is 0.472 e. The highest BCUT2D eigenvalue weighted by molar-refractivity contribution is 7.47. The average molecular weight is 792 g/mol. The van der Waals surface area contributed by atoms with Gasteiger partial charge >= 0.3 is 25.7 Å². The lowest BCUT2D eigenvalue weighted by molar-refractivity contribution is -0.161. The number of hydrogen-bond acceptors (Lipinski definition) is 9. The molecule has 0 saturated carbocycles. The summed E-state index contributed by atoms with van der Waals surface area (Å²) in [5.74, 6) is -2.47. The van der Waals surface area contributed by atoms with Crippen LogP contribution in [0.4, 0.5) is 0 Å². The first-order chi connectivity index (χ1) is 26.6. The van der Waals surface area contributed by atoms with Crippen molar-refractivity contribution >= 4 is 25.7 Å². The molecule has 0 aromatic heterocycles. The van der Waals surface area contributed by atoms with Gasteiger partial charge in [-0.2, -0.15) is 0 Å². The number of unbranched alkanes of at least 4 members (excludes halogenated alkanes) is 13. The Kier molecular flexibility index (Phi) is 35.3. The predicted octanol–water partition coefficient (Wildman–Crippen LogP) is 10.3. The van der Waals surface area contributed by atoms with Crippen molar-refractivity contribution in [2.24, 2.45) is 5.73 Å². The highest BCUT2D eigenvalue weighted by Gasteiger charge is 2.28. The summed E-state index contributed by atoms with van der Waals surface area (Å²) in [7, 11) is -4.73. The second-order valence-corrected chi connectivity index (χ2v) is 14.6. The van der Waals surface area contributed by atoms with Gasteiger partial charge in [0.15, 0.2) is 6.10 Å². The Morgan fingerprint density at radius 2 is 1.02 bits per heavy atom. The molecule has 0 aliphatic heterocycles. The van der Waals surface area contributed by atoms with Gasteiger partial charge in [-0.15, -0.1) is 0 Å². The molecule has 4 N–H and O–H groups in total. The Labute approximate surface area is 331 Å². The van der Waals surface area contributed by atoms with Crippen LogP contribution in [0.5, 0.6) is 0 Å². The minimum atomic E-state index is -4.73. The average Bonchev–Trinajstić information content (AvgIpc) is 3.16. The Bertz CT molecular complexity index is 1250. The number of rotatable bonds is 36. The summed E-state index contributed by atoms with van der Waals surface area (Å²) in [6, 6.07) is -1.54. The summed E-state index contributed by atoms with van der Waals surface area (Å²) in [6.07, 6.45) is 45.1. The first kappa shape index (κ1) is 51.7. The van der Waals surface area contributed by atoms with E-state index in [0.29, 0.717) is 12.8 Å². The van der Waals surface area contributed by atoms with E-state index in [1.807, 2.05) is 36.5 Å². The van der Waals surface area contributed by atoms with Gasteiger partial charge in [-0.05, 0) is 57.8 Å². The lowest BCUT2D eigenvalue weighted by Crippen LogP contribution is -2.34. The molecule has 55 heavy (non-hydrogen) atoms. The number of phosphoric ester groups is 1. The summed E-state index contributed by atoms with van der Waals surface area (Å²) < 4.78 is 32.5. The van der Waals surface area contributed by atoms with Crippen molar-refractivity contribution in [1.29, 1.82) is 0 Å². The molecule has 0 amide bonds. The molecule has 12 heteroatoms. The van der Waals surface area contributed by atoms with Crippen LogP contribution in [0.2, 0.25) is 0 Å². The van der Waals surface area contributed by atoms with Crippen LogP contribution in [0.15, 0.2) is 85.1 Å². The zero-order chi connectivity index (χ0) is 40.7. The molecule has 0 rings (SSSR count). The lowest BCUT2D eigenvalue weighted by Gasteiger charge is -2.20. The van der Waals surface area contributed by atoms with Gasteiger partial charge < -0.3 is 25.2 Å². The molecule has 312 valence electrons. The van der Waals surface area contributed by atoms with E-state index in [1.54, 1.807) is 0 Å². The van der Waals surface area contributed by atoms with E-state index in [9.17, 15) is 23.8 Å². The van der Waals surface area contributed by atoms with Crippen molar-refractivity contribution in [1.82, 2.24) is 0 Å². The second kappa shape index (κ2) is 37.6. The quantitative estimate of drug-likeness (QED) is 0.0239. The highest BCUT2D eigenvalue weighted by Crippen LogP contribution is 2.43. The van der Waals surface area contributed by atoms with Crippen molar-refractivity contribution in [2.75, 3.05) is 19.8 Å². The molecule has 0 bridgehead atoms. The van der Waals surface area contributed by atoms with Gasteiger partial charge in [0, 0.05) is 12.8 Å². The van der Waals surface area contributed by atoms with Crippen molar-refractivity contribution < 1.29 is 47.5 Å². The number of carboxylic acids is 1. The van der Waals surface area contributed by atoms with Crippen LogP contribution < -0.4 is 5.73 Å². The molecule has 3 atom stereocenters. The number of aliphatic carboxylic acids is 1. The Balaban J connectivity index is 4.51. The number of carbonyl (C=O) groups excluding carboxylic acids is 2. The summed E-state index contributed by atoms with van der Waals surface area (Å²) in [5, 5.41) is 8.87. The first-order valence-corrected chi connectivity index (χ1v) is 21.7. The molecule has 2 unspecified atom stereocenters. The number of ether oxygens (including phenoxy) is 2. The second-order valence-electron chi connectivity index (χ2n) is 13.2. The molecule has 0 aromatic rings. The van der Waals surface area contributed by atoms with E-state index in [4.69, 9.17) is 24.8 Å². The van der Waals surface area contributed by atoms with E-state index in [0.717, 1.165) is 64.2 Å². The number of esters is 2. The van der Waals surface area contributed by atoms with Gasteiger partial charge in [-0.1, -0.05) is 150 Å². The van der Waals surface area contributed by atoms with Gasteiger partial charge in [0.2, 0.25) is 0 Å². The molecule has 0 aliphatic rings. The van der Waals surface area contributed by atoms with E-state index in [2.05, 4.69) is 67.0 Å². The fourth-order valence-corrected chi connectivity index (χ4v) is 5.62. The minimum Gasteiger partial charge on any atom is -0.480 e. The predicted molar refractivity (Wildman–Crippen MR) is 221 cm³/mol. The number of phosphoric acid groups is 1. The third-order valence-electron chi connectivity index (χ3n) is 8.03. The molecule has 0 aromatic carbocycles. The lowest BCUT2D eigenvalue weighted by atomic mass is 10.1. The van der Waals surface area contributed by atoms with Crippen LogP contribution in [-0.2, 0) is 37.5 Å². The van der Waals surface area contributed by atoms with Gasteiger partial charge in [0.1, 0.15) is 12.6 Å². The maximum absolute atomic E-state index is 12.6. The third-order valence-corrected chi connectivity index (χ3v) is 8.98. The minimum absolute atomic E-state index is 0.105.